The second-order valence-electron chi connectivity index (χ2n) is 4.05. The second kappa shape index (κ2) is 4.92. The Labute approximate surface area is 95.9 Å². The van der Waals surface area contributed by atoms with E-state index in [1.165, 1.54) is 11.1 Å². The Morgan fingerprint density at radius 3 is 2.81 bits per heavy atom. The zero-order chi connectivity index (χ0) is 11.4. The standard InChI is InChI=1S/C13H17N3/c1-3-6-12-14-13(16-15-12)9-11-8-5-4-7-10(11)2/h4-5,7-8H,3,6,9H2,1-2H3,(H,14,15,16). The zero-order valence-electron chi connectivity index (χ0n) is 9.83. The summed E-state index contributed by atoms with van der Waals surface area (Å²) >= 11 is 0. The Balaban J connectivity index is 2.11. The van der Waals surface area contributed by atoms with E-state index < -0.39 is 0 Å². The maximum absolute atomic E-state index is 4.47. The predicted octanol–water partition coefficient (Wildman–Crippen LogP) is 2.66. The van der Waals surface area contributed by atoms with Gasteiger partial charge in [0.2, 0.25) is 0 Å². The van der Waals surface area contributed by atoms with Gasteiger partial charge in [0.05, 0.1) is 0 Å². The third-order valence-electron chi connectivity index (χ3n) is 2.67. The number of benzene rings is 1. The van der Waals surface area contributed by atoms with Crippen LogP contribution >= 0.6 is 0 Å². The van der Waals surface area contributed by atoms with Crippen LogP contribution in [0.25, 0.3) is 0 Å². The first kappa shape index (κ1) is 10.9. The predicted molar refractivity (Wildman–Crippen MR) is 64.4 cm³/mol. The van der Waals surface area contributed by atoms with Crippen LogP contribution in [0.1, 0.15) is 36.1 Å². The average molecular weight is 215 g/mol. The van der Waals surface area contributed by atoms with E-state index >= 15 is 0 Å². The van der Waals surface area contributed by atoms with E-state index in [1.807, 2.05) is 0 Å². The Bertz CT molecular complexity index is 460. The molecule has 3 nitrogen and oxygen atoms in total. The molecular formula is C13H17N3. The van der Waals surface area contributed by atoms with Crippen LogP contribution in [-0.2, 0) is 12.8 Å². The first-order valence-electron chi connectivity index (χ1n) is 5.74. The minimum absolute atomic E-state index is 0.837. The van der Waals surface area contributed by atoms with Crippen LogP contribution in [0.2, 0.25) is 0 Å². The lowest BCUT2D eigenvalue weighted by molar-refractivity contribution is 0.841. The van der Waals surface area contributed by atoms with E-state index in [2.05, 4.69) is 53.3 Å². The van der Waals surface area contributed by atoms with Gasteiger partial charge in [-0.1, -0.05) is 31.2 Å². The Kier molecular flexibility index (Phi) is 3.34. The molecule has 0 aliphatic heterocycles. The largest absolute Gasteiger partial charge is 0.263 e. The molecule has 0 saturated carbocycles. The normalized spacial score (nSPS) is 10.6. The van der Waals surface area contributed by atoms with E-state index in [0.717, 1.165) is 30.9 Å². The van der Waals surface area contributed by atoms with Crippen molar-refractivity contribution in [2.75, 3.05) is 0 Å². The molecule has 0 aliphatic carbocycles. The molecule has 0 saturated heterocycles. The molecule has 1 N–H and O–H groups in total. The van der Waals surface area contributed by atoms with Crippen molar-refractivity contribution in [1.82, 2.24) is 15.2 Å². The molecule has 2 rings (SSSR count). The van der Waals surface area contributed by atoms with Gasteiger partial charge in [-0.25, -0.2) is 4.98 Å². The molecule has 1 heterocycles. The molecule has 0 aliphatic rings. The monoisotopic (exact) mass is 215 g/mol. The van der Waals surface area contributed by atoms with Gasteiger partial charge in [0, 0.05) is 12.8 Å². The molecule has 1 aromatic heterocycles. The number of hydrogen-bond donors (Lipinski definition) is 1. The molecule has 0 spiro atoms. The fourth-order valence-electron chi connectivity index (χ4n) is 1.74. The Morgan fingerprint density at radius 1 is 1.25 bits per heavy atom. The highest BCUT2D eigenvalue weighted by atomic mass is 15.2. The van der Waals surface area contributed by atoms with Crippen LogP contribution in [0.3, 0.4) is 0 Å². The van der Waals surface area contributed by atoms with Crippen LogP contribution in [0.4, 0.5) is 0 Å². The Morgan fingerprint density at radius 2 is 2.06 bits per heavy atom. The topological polar surface area (TPSA) is 41.6 Å². The van der Waals surface area contributed by atoms with Gasteiger partial charge in [0.25, 0.3) is 0 Å². The van der Waals surface area contributed by atoms with E-state index in [9.17, 15) is 0 Å². The summed E-state index contributed by atoms with van der Waals surface area (Å²) in [7, 11) is 0. The molecule has 0 fully saturated rings. The highest BCUT2D eigenvalue weighted by molar-refractivity contribution is 5.28. The number of aromatic nitrogens is 3. The molecule has 0 amide bonds. The molecule has 1 aromatic carbocycles. The highest BCUT2D eigenvalue weighted by Crippen LogP contribution is 2.11. The highest BCUT2D eigenvalue weighted by Gasteiger charge is 2.04. The maximum Gasteiger partial charge on any atom is 0.150 e. The van der Waals surface area contributed by atoms with Crippen molar-refractivity contribution >= 4 is 0 Å². The molecule has 0 radical (unpaired) electrons. The SMILES string of the molecule is CCCc1n[nH]c(Cc2ccccc2C)n1. The van der Waals surface area contributed by atoms with Crippen molar-refractivity contribution in [1.29, 1.82) is 0 Å². The van der Waals surface area contributed by atoms with Crippen LogP contribution in [0, 0.1) is 6.92 Å². The third-order valence-corrected chi connectivity index (χ3v) is 2.67. The number of aromatic amines is 1. The second-order valence-corrected chi connectivity index (χ2v) is 4.05. The number of nitrogens with one attached hydrogen (secondary N) is 1. The summed E-state index contributed by atoms with van der Waals surface area (Å²) in [4.78, 5) is 4.47. The summed E-state index contributed by atoms with van der Waals surface area (Å²) in [6.45, 7) is 4.26. The van der Waals surface area contributed by atoms with Gasteiger partial charge in [-0.3, -0.25) is 5.10 Å². The van der Waals surface area contributed by atoms with Crippen LogP contribution in [0.15, 0.2) is 24.3 Å². The average Bonchev–Trinajstić information content (AvgIpc) is 2.70. The van der Waals surface area contributed by atoms with Gasteiger partial charge < -0.3 is 0 Å². The zero-order valence-corrected chi connectivity index (χ0v) is 9.83. The van der Waals surface area contributed by atoms with E-state index in [-0.39, 0.29) is 0 Å². The molecule has 0 bridgehead atoms. The molecule has 2 aromatic rings. The van der Waals surface area contributed by atoms with Crippen molar-refractivity contribution < 1.29 is 0 Å². The van der Waals surface area contributed by atoms with Crippen molar-refractivity contribution in [2.24, 2.45) is 0 Å². The molecule has 0 atom stereocenters. The van der Waals surface area contributed by atoms with Crippen LogP contribution in [0.5, 0.6) is 0 Å². The van der Waals surface area contributed by atoms with Crippen molar-refractivity contribution in [3.63, 3.8) is 0 Å². The minimum atomic E-state index is 0.837. The van der Waals surface area contributed by atoms with Crippen molar-refractivity contribution in [2.45, 2.75) is 33.1 Å². The van der Waals surface area contributed by atoms with Crippen molar-refractivity contribution in [3.8, 4) is 0 Å². The van der Waals surface area contributed by atoms with Gasteiger partial charge >= 0.3 is 0 Å². The lowest BCUT2D eigenvalue weighted by atomic mass is 10.1. The third kappa shape index (κ3) is 2.48. The van der Waals surface area contributed by atoms with Gasteiger partial charge in [-0.05, 0) is 24.5 Å². The number of H-pyrrole nitrogens is 1. The molecular weight excluding hydrogens is 198 g/mol. The quantitative estimate of drug-likeness (QED) is 0.851. The maximum atomic E-state index is 4.47. The molecule has 84 valence electrons. The number of nitrogens with zero attached hydrogens (tertiary/aromatic N) is 2. The van der Waals surface area contributed by atoms with E-state index in [0.29, 0.717) is 0 Å². The number of aryl methyl sites for hydroxylation is 2. The molecule has 3 heteroatoms. The van der Waals surface area contributed by atoms with Gasteiger partial charge in [0.15, 0.2) is 5.82 Å². The van der Waals surface area contributed by atoms with E-state index in [4.69, 9.17) is 0 Å². The summed E-state index contributed by atoms with van der Waals surface area (Å²) in [5.74, 6) is 1.88. The first-order chi connectivity index (χ1) is 7.79. The number of rotatable bonds is 4. The van der Waals surface area contributed by atoms with Crippen LogP contribution in [-0.4, -0.2) is 15.2 Å². The number of hydrogen-bond acceptors (Lipinski definition) is 2. The lowest BCUT2D eigenvalue weighted by Gasteiger charge is -2.01. The summed E-state index contributed by atoms with van der Waals surface area (Å²) < 4.78 is 0. The van der Waals surface area contributed by atoms with Gasteiger partial charge in [-0.15, -0.1) is 0 Å². The van der Waals surface area contributed by atoms with Gasteiger partial charge in [-0.2, -0.15) is 5.10 Å². The lowest BCUT2D eigenvalue weighted by Crippen LogP contribution is -1.94. The fraction of sp³-hybridized carbons (Fsp3) is 0.385. The fourth-order valence-corrected chi connectivity index (χ4v) is 1.74. The summed E-state index contributed by atoms with van der Waals surface area (Å²) in [6.07, 6.45) is 2.87. The first-order valence-corrected chi connectivity index (χ1v) is 5.74. The minimum Gasteiger partial charge on any atom is -0.263 e. The summed E-state index contributed by atoms with van der Waals surface area (Å²) in [5, 5.41) is 7.20. The van der Waals surface area contributed by atoms with Crippen LogP contribution < -0.4 is 0 Å². The molecule has 0 unspecified atom stereocenters. The molecule has 16 heavy (non-hydrogen) atoms. The Hall–Kier alpha value is -1.64. The van der Waals surface area contributed by atoms with Gasteiger partial charge in [0.1, 0.15) is 5.82 Å². The van der Waals surface area contributed by atoms with Crippen molar-refractivity contribution in [3.05, 3.63) is 47.0 Å². The smallest absolute Gasteiger partial charge is 0.150 e. The summed E-state index contributed by atoms with van der Waals surface area (Å²) in [6, 6.07) is 8.38. The van der Waals surface area contributed by atoms with E-state index in [1.54, 1.807) is 0 Å². The summed E-state index contributed by atoms with van der Waals surface area (Å²) in [5.41, 5.74) is 2.61.